The van der Waals surface area contributed by atoms with Crippen molar-refractivity contribution in [3.63, 3.8) is 0 Å². The molecule has 0 radical (unpaired) electrons. The van der Waals surface area contributed by atoms with Gasteiger partial charge in [0.1, 0.15) is 12.7 Å². The minimum atomic E-state index is -0.508. The molecule has 4 heteroatoms. The van der Waals surface area contributed by atoms with Crippen LogP contribution in [0.25, 0.3) is 0 Å². The molecule has 1 aliphatic carbocycles. The molecule has 100 valence electrons. The molecule has 0 aromatic heterocycles. The van der Waals surface area contributed by atoms with Crippen molar-refractivity contribution in [1.29, 1.82) is 0 Å². The van der Waals surface area contributed by atoms with Crippen LogP contribution in [0.1, 0.15) is 47.0 Å². The van der Waals surface area contributed by atoms with Gasteiger partial charge in [0, 0.05) is 12.1 Å². The maximum absolute atomic E-state index is 9.66. The van der Waals surface area contributed by atoms with E-state index in [-0.39, 0.29) is 12.1 Å². The third-order valence-electron chi connectivity index (χ3n) is 2.64. The quantitative estimate of drug-likeness (QED) is 0.530. The number of aliphatic hydroxyl groups is 1. The fourth-order valence-corrected chi connectivity index (χ4v) is 1.49. The zero-order valence-electron chi connectivity index (χ0n) is 11.5. The Hall–Kier alpha value is -0.610. The van der Waals surface area contributed by atoms with Crippen molar-refractivity contribution in [1.82, 2.24) is 5.32 Å². The second-order valence-corrected chi connectivity index (χ2v) is 6.05. The lowest BCUT2D eigenvalue weighted by atomic mass is 10.1. The van der Waals surface area contributed by atoms with Gasteiger partial charge in [-0.05, 0) is 52.9 Å². The molecule has 0 spiro atoms. The van der Waals surface area contributed by atoms with Crippen LogP contribution in [0, 0.1) is 5.92 Å². The van der Waals surface area contributed by atoms with Crippen molar-refractivity contribution in [2.75, 3.05) is 13.2 Å². The molecule has 17 heavy (non-hydrogen) atoms. The van der Waals surface area contributed by atoms with Crippen LogP contribution in [-0.4, -0.2) is 35.6 Å². The van der Waals surface area contributed by atoms with E-state index in [1.807, 2.05) is 6.92 Å². The maximum Gasteiger partial charge on any atom is 0.144 e. The first-order chi connectivity index (χ1) is 7.87. The summed E-state index contributed by atoms with van der Waals surface area (Å²) in [5.74, 6) is 0.829. The summed E-state index contributed by atoms with van der Waals surface area (Å²) < 4.78 is 0. The van der Waals surface area contributed by atoms with Gasteiger partial charge in [0.15, 0.2) is 0 Å². The van der Waals surface area contributed by atoms with Crippen molar-refractivity contribution in [3.8, 4) is 0 Å². The Morgan fingerprint density at radius 3 is 2.65 bits per heavy atom. The molecule has 0 amide bonds. The number of nitrogens with one attached hydrogen (secondary N) is 1. The van der Waals surface area contributed by atoms with E-state index in [9.17, 15) is 5.11 Å². The fraction of sp³-hybridized carbons (Fsp3) is 0.923. The highest BCUT2D eigenvalue weighted by atomic mass is 16.6. The van der Waals surface area contributed by atoms with Crippen molar-refractivity contribution in [2.24, 2.45) is 11.1 Å². The average Bonchev–Trinajstić information content (AvgIpc) is 2.97. The van der Waals surface area contributed by atoms with Crippen molar-refractivity contribution >= 4 is 5.71 Å². The molecule has 1 fully saturated rings. The van der Waals surface area contributed by atoms with E-state index in [0.717, 1.165) is 18.1 Å². The molecule has 2 N–H and O–H groups in total. The Balaban J connectivity index is 2.07. The minimum Gasteiger partial charge on any atom is -0.393 e. The van der Waals surface area contributed by atoms with Crippen LogP contribution >= 0.6 is 0 Å². The molecule has 1 rings (SSSR count). The van der Waals surface area contributed by atoms with Gasteiger partial charge in [-0.2, -0.15) is 0 Å². The smallest absolute Gasteiger partial charge is 0.144 e. The van der Waals surface area contributed by atoms with E-state index in [0.29, 0.717) is 6.54 Å². The van der Waals surface area contributed by atoms with E-state index >= 15 is 0 Å². The van der Waals surface area contributed by atoms with Crippen LogP contribution in [0.2, 0.25) is 0 Å². The lowest BCUT2D eigenvalue weighted by molar-refractivity contribution is 0.0369. The average molecular weight is 242 g/mol. The first kappa shape index (κ1) is 14.5. The molecule has 0 saturated heterocycles. The predicted molar refractivity (Wildman–Crippen MR) is 70.2 cm³/mol. The van der Waals surface area contributed by atoms with Gasteiger partial charge in [0.2, 0.25) is 0 Å². The summed E-state index contributed by atoms with van der Waals surface area (Å²) in [5, 5.41) is 16.9. The second kappa shape index (κ2) is 6.36. The maximum atomic E-state index is 9.66. The molecular weight excluding hydrogens is 216 g/mol. The predicted octanol–water partition coefficient (Wildman–Crippen LogP) is 1.93. The zero-order chi connectivity index (χ0) is 12.9. The van der Waals surface area contributed by atoms with E-state index in [4.69, 9.17) is 4.84 Å². The van der Waals surface area contributed by atoms with E-state index in [1.165, 1.54) is 12.8 Å². The summed E-state index contributed by atoms with van der Waals surface area (Å²) in [7, 11) is 0. The number of nitrogens with zero attached hydrogens (tertiary/aromatic N) is 1. The van der Waals surface area contributed by atoms with Gasteiger partial charge in [-0.25, -0.2) is 0 Å². The molecule has 0 heterocycles. The summed E-state index contributed by atoms with van der Waals surface area (Å²) >= 11 is 0. The van der Waals surface area contributed by atoms with Gasteiger partial charge in [-0.1, -0.05) is 5.16 Å². The third-order valence-corrected chi connectivity index (χ3v) is 2.64. The number of aliphatic hydroxyl groups excluding tert-OH is 1. The van der Waals surface area contributed by atoms with Crippen LogP contribution in [0.3, 0.4) is 0 Å². The molecule has 1 atom stereocenters. The highest BCUT2D eigenvalue weighted by Gasteiger charge is 2.22. The number of oxime groups is 1. The molecule has 0 aromatic carbocycles. The Kier molecular flexibility index (Phi) is 5.40. The van der Waals surface area contributed by atoms with E-state index in [1.54, 1.807) is 0 Å². The summed E-state index contributed by atoms with van der Waals surface area (Å²) in [6.45, 7) is 8.97. The molecule has 0 bridgehead atoms. The summed E-state index contributed by atoms with van der Waals surface area (Å²) in [4.78, 5) is 5.15. The Morgan fingerprint density at radius 1 is 1.47 bits per heavy atom. The molecule has 1 unspecified atom stereocenters. The number of rotatable bonds is 7. The van der Waals surface area contributed by atoms with Crippen molar-refractivity contribution < 1.29 is 9.94 Å². The van der Waals surface area contributed by atoms with Crippen molar-refractivity contribution in [3.05, 3.63) is 0 Å². The molecule has 4 nitrogen and oxygen atoms in total. The monoisotopic (exact) mass is 242 g/mol. The zero-order valence-corrected chi connectivity index (χ0v) is 11.5. The second-order valence-electron chi connectivity index (χ2n) is 6.05. The van der Waals surface area contributed by atoms with Crippen LogP contribution in [-0.2, 0) is 4.84 Å². The lowest BCUT2D eigenvalue weighted by Gasteiger charge is -2.22. The molecule has 1 saturated carbocycles. The van der Waals surface area contributed by atoms with Gasteiger partial charge < -0.3 is 15.3 Å². The SMILES string of the molecule is C/C(CC1CC1)=N/OCC(O)CNC(C)(C)C. The number of β-amino-alcohol motifs (C(OH)–C–C–N with tert-alkyl or cyclic N) is 1. The largest absolute Gasteiger partial charge is 0.393 e. The van der Waals surface area contributed by atoms with Crippen LogP contribution < -0.4 is 5.32 Å². The first-order valence-corrected chi connectivity index (χ1v) is 6.45. The number of hydrogen-bond donors (Lipinski definition) is 2. The van der Waals surface area contributed by atoms with Crippen LogP contribution in [0.4, 0.5) is 0 Å². The van der Waals surface area contributed by atoms with Gasteiger partial charge in [-0.15, -0.1) is 0 Å². The topological polar surface area (TPSA) is 53.9 Å². The van der Waals surface area contributed by atoms with Crippen LogP contribution in [0.5, 0.6) is 0 Å². The molecule has 0 aromatic rings. The molecular formula is C13H26N2O2. The van der Waals surface area contributed by atoms with Gasteiger partial charge in [0.25, 0.3) is 0 Å². The van der Waals surface area contributed by atoms with E-state index in [2.05, 4.69) is 31.2 Å². The highest BCUT2D eigenvalue weighted by molar-refractivity contribution is 5.81. The van der Waals surface area contributed by atoms with Gasteiger partial charge in [-0.3, -0.25) is 0 Å². The van der Waals surface area contributed by atoms with Gasteiger partial charge in [0.05, 0.1) is 5.71 Å². The Labute approximate surface area is 104 Å². The molecule has 1 aliphatic rings. The fourth-order valence-electron chi connectivity index (χ4n) is 1.49. The lowest BCUT2D eigenvalue weighted by Crippen LogP contribution is -2.42. The minimum absolute atomic E-state index is 0.0200. The first-order valence-electron chi connectivity index (χ1n) is 6.45. The Bertz CT molecular complexity index is 255. The molecule has 0 aliphatic heterocycles. The summed E-state index contributed by atoms with van der Waals surface area (Å²) in [5.41, 5.74) is 1.05. The standard InChI is InChI=1S/C13H26N2O2/c1-10(7-11-5-6-11)15-17-9-12(16)8-14-13(2,3)4/h11-12,14,16H,5-9H2,1-4H3/b15-10-. The number of hydrogen-bond acceptors (Lipinski definition) is 4. The third kappa shape index (κ3) is 8.16. The normalized spacial score (nSPS) is 19.2. The van der Waals surface area contributed by atoms with E-state index < -0.39 is 6.10 Å². The summed E-state index contributed by atoms with van der Waals surface area (Å²) in [6.07, 6.45) is 3.18. The highest BCUT2D eigenvalue weighted by Crippen LogP contribution is 2.32. The van der Waals surface area contributed by atoms with Crippen molar-refractivity contribution in [2.45, 2.75) is 58.6 Å². The van der Waals surface area contributed by atoms with Gasteiger partial charge >= 0.3 is 0 Å². The summed E-state index contributed by atoms with van der Waals surface area (Å²) in [6, 6.07) is 0. The Morgan fingerprint density at radius 2 is 2.12 bits per heavy atom. The van der Waals surface area contributed by atoms with Crippen LogP contribution in [0.15, 0.2) is 5.16 Å².